The van der Waals surface area contributed by atoms with Gasteiger partial charge in [-0.3, -0.25) is 4.79 Å². The molecule has 208 valence electrons. The van der Waals surface area contributed by atoms with Gasteiger partial charge in [0.05, 0.1) is 34.1 Å². The van der Waals surface area contributed by atoms with E-state index in [-0.39, 0.29) is 47.5 Å². The molecule has 2 saturated heterocycles. The number of rotatable bonds is 6. The molecular weight excluding hydrogens is 567 g/mol. The third kappa shape index (κ3) is 4.84. The van der Waals surface area contributed by atoms with E-state index in [1.54, 1.807) is 24.4 Å². The number of nitrogens with zero attached hydrogens (tertiary/aromatic N) is 5. The summed E-state index contributed by atoms with van der Waals surface area (Å²) in [5, 5.41) is 20.8. The van der Waals surface area contributed by atoms with Gasteiger partial charge < -0.3 is 19.6 Å². The number of ether oxygens (including phenoxy) is 1. The van der Waals surface area contributed by atoms with Crippen LogP contribution in [0.15, 0.2) is 46.6 Å². The summed E-state index contributed by atoms with van der Waals surface area (Å²) in [4.78, 5) is 21.1. The van der Waals surface area contributed by atoms with E-state index in [0.717, 1.165) is 18.1 Å². The highest BCUT2D eigenvalue weighted by molar-refractivity contribution is 7.17. The summed E-state index contributed by atoms with van der Waals surface area (Å²) in [5.74, 6) is -0.324. The number of aromatic hydroxyl groups is 1. The van der Waals surface area contributed by atoms with E-state index < -0.39 is 11.7 Å². The van der Waals surface area contributed by atoms with E-state index >= 15 is 0 Å². The Labute approximate surface area is 235 Å². The summed E-state index contributed by atoms with van der Waals surface area (Å²) < 4.78 is 46.9. The summed E-state index contributed by atoms with van der Waals surface area (Å²) in [5.41, 5.74) is 0.396. The number of halogens is 4. The monoisotopic (exact) mass is 589 g/mol. The topological polar surface area (TPSA) is 90.6 Å². The van der Waals surface area contributed by atoms with Gasteiger partial charge in [-0.1, -0.05) is 35.1 Å². The molecule has 0 saturated carbocycles. The van der Waals surface area contributed by atoms with Gasteiger partial charge in [0.15, 0.2) is 5.13 Å². The van der Waals surface area contributed by atoms with Gasteiger partial charge in [-0.05, 0) is 47.0 Å². The van der Waals surface area contributed by atoms with Gasteiger partial charge in [0.1, 0.15) is 6.61 Å². The van der Waals surface area contributed by atoms with Gasteiger partial charge in [0.2, 0.25) is 11.8 Å². The molecule has 2 fully saturated rings. The highest BCUT2D eigenvalue weighted by Crippen LogP contribution is 2.42. The minimum atomic E-state index is -4.61. The molecule has 13 heteroatoms. The van der Waals surface area contributed by atoms with Crippen LogP contribution in [0.1, 0.15) is 28.0 Å². The van der Waals surface area contributed by atoms with Crippen molar-refractivity contribution in [3.63, 3.8) is 0 Å². The molecule has 40 heavy (non-hydrogen) atoms. The quantitative estimate of drug-likeness (QED) is 0.476. The molecule has 1 N–H and O–H groups in total. The lowest BCUT2D eigenvalue weighted by Crippen LogP contribution is -2.49. The molecule has 2 unspecified atom stereocenters. The molecule has 3 aliphatic rings. The number of anilines is 1. The van der Waals surface area contributed by atoms with E-state index in [4.69, 9.17) is 16.3 Å². The van der Waals surface area contributed by atoms with Crippen molar-refractivity contribution >= 4 is 45.8 Å². The first-order valence-corrected chi connectivity index (χ1v) is 13.7. The fourth-order valence-electron chi connectivity index (χ4n) is 5.59. The molecule has 1 aromatic heterocycles. The third-order valence-corrected chi connectivity index (χ3v) is 8.81. The predicted molar refractivity (Wildman–Crippen MR) is 144 cm³/mol. The lowest BCUT2D eigenvalue weighted by molar-refractivity contribution is -0.138. The number of carbonyl (C=O) groups excluding carboxylic acids is 1. The number of fused-ring (bicyclic) bond motifs is 3. The van der Waals surface area contributed by atoms with Crippen molar-refractivity contribution in [1.82, 2.24) is 9.88 Å². The van der Waals surface area contributed by atoms with Gasteiger partial charge in [-0.25, -0.2) is 0 Å². The van der Waals surface area contributed by atoms with Crippen LogP contribution in [-0.4, -0.2) is 66.0 Å². The highest BCUT2D eigenvalue weighted by Gasteiger charge is 2.46. The zero-order chi connectivity index (χ0) is 28.2. The van der Waals surface area contributed by atoms with Crippen LogP contribution in [0, 0.1) is 0 Å². The second-order valence-corrected chi connectivity index (χ2v) is 11.3. The van der Waals surface area contributed by atoms with Gasteiger partial charge in [-0.15, -0.1) is 0 Å². The van der Waals surface area contributed by atoms with E-state index in [0.29, 0.717) is 39.2 Å². The van der Waals surface area contributed by atoms with E-state index in [9.17, 15) is 23.1 Å². The standard InChI is InChI=1S/C27H23ClF3N5O3S/c1-39-13-23(37)35-11-19-9-18(35)12-36(19)26-33-25(38)24(40-26)20(14-3-5-22-16(6-14)10-32-34-22)7-15-2-4-17(28)8-21(15)27(29,30)31/h2-6,8,10,18-19,38H,7,9,11-13H2,1H3. The van der Waals surface area contributed by atoms with Crippen molar-refractivity contribution < 1.29 is 27.8 Å². The number of likely N-dealkylation sites (tertiary alicyclic amines) is 1. The van der Waals surface area contributed by atoms with Gasteiger partial charge >= 0.3 is 6.18 Å². The lowest BCUT2D eigenvalue weighted by atomic mass is 9.96. The fraction of sp³-hybridized carbons (Fsp3) is 0.333. The van der Waals surface area contributed by atoms with Crippen LogP contribution in [0.25, 0.3) is 5.57 Å². The summed E-state index contributed by atoms with van der Waals surface area (Å²) in [6.07, 6.45) is -2.39. The molecule has 2 aromatic carbocycles. The first-order valence-electron chi connectivity index (χ1n) is 12.5. The fourth-order valence-corrected chi connectivity index (χ4v) is 6.87. The minimum Gasteiger partial charge on any atom is -0.492 e. The number of amides is 1. The number of hydrogen-bond donors (Lipinski definition) is 1. The Balaban J connectivity index is 1.40. The normalized spacial score (nSPS) is 20.2. The maximum absolute atomic E-state index is 14.0. The molecule has 4 heterocycles. The maximum Gasteiger partial charge on any atom is 0.416 e. The number of hydrogen-bond acceptors (Lipinski definition) is 8. The minimum absolute atomic E-state index is 0.00810. The number of aromatic nitrogens is 1. The van der Waals surface area contributed by atoms with Crippen LogP contribution in [0.4, 0.5) is 18.3 Å². The Kier molecular flexibility index (Phi) is 6.79. The average Bonchev–Trinajstić information content (AvgIpc) is 3.70. The van der Waals surface area contributed by atoms with E-state index in [1.807, 2.05) is 4.90 Å². The van der Waals surface area contributed by atoms with Crippen LogP contribution < -0.4 is 15.5 Å². The summed E-state index contributed by atoms with van der Waals surface area (Å²) in [6, 6.07) is 9.03. The molecule has 2 bridgehead atoms. The molecule has 2 atom stereocenters. The average molecular weight is 590 g/mol. The first kappa shape index (κ1) is 26.7. The van der Waals surface area contributed by atoms with Gasteiger partial charge in [0, 0.05) is 37.2 Å². The van der Waals surface area contributed by atoms with Gasteiger partial charge in [0.25, 0.3) is 0 Å². The second-order valence-electron chi connectivity index (χ2n) is 9.90. The van der Waals surface area contributed by atoms with Crippen LogP contribution in [0.3, 0.4) is 0 Å². The largest absolute Gasteiger partial charge is 0.492 e. The predicted octanol–water partition coefficient (Wildman–Crippen LogP) is 3.37. The molecule has 1 amide bonds. The molecule has 8 nitrogen and oxygen atoms in total. The van der Waals surface area contributed by atoms with Crippen molar-refractivity contribution in [3.05, 3.63) is 73.6 Å². The molecular formula is C27H23ClF3N5O3S. The van der Waals surface area contributed by atoms with Crippen molar-refractivity contribution in [3.8, 4) is 5.88 Å². The second kappa shape index (κ2) is 10.2. The van der Waals surface area contributed by atoms with Crippen molar-refractivity contribution in [1.29, 1.82) is 0 Å². The molecule has 0 aliphatic carbocycles. The zero-order valence-corrected chi connectivity index (χ0v) is 22.7. The van der Waals surface area contributed by atoms with Crippen LogP contribution in [-0.2, 0) is 22.1 Å². The molecule has 0 radical (unpaired) electrons. The Morgan fingerprint density at radius 2 is 2.02 bits per heavy atom. The Morgan fingerprint density at radius 3 is 2.75 bits per heavy atom. The van der Waals surface area contributed by atoms with Crippen molar-refractivity contribution in [2.24, 2.45) is 10.2 Å². The van der Waals surface area contributed by atoms with Crippen molar-refractivity contribution in [2.75, 3.05) is 31.7 Å². The highest BCUT2D eigenvalue weighted by atomic mass is 35.5. The van der Waals surface area contributed by atoms with Gasteiger partial charge in [-0.2, -0.15) is 28.4 Å². The van der Waals surface area contributed by atoms with E-state index in [2.05, 4.69) is 20.1 Å². The smallest absolute Gasteiger partial charge is 0.416 e. The number of thiazole rings is 1. The lowest BCUT2D eigenvalue weighted by Gasteiger charge is -2.33. The first-order chi connectivity index (χ1) is 19.1. The van der Waals surface area contributed by atoms with E-state index in [1.165, 1.54) is 30.6 Å². The van der Waals surface area contributed by atoms with Crippen LogP contribution in [0.2, 0.25) is 5.02 Å². The summed E-state index contributed by atoms with van der Waals surface area (Å²) in [7, 11) is 1.48. The Hall–Kier alpha value is -3.48. The van der Waals surface area contributed by atoms with Crippen LogP contribution >= 0.6 is 22.9 Å². The SMILES string of the molecule is COCC(=O)N1CC2CC1CN2c1nc(O)c(C(Cc2ccc(Cl)cc2C(F)(F)F)=c2ccc3c(c2)C=NN=3)s1. The summed E-state index contributed by atoms with van der Waals surface area (Å²) >= 11 is 7.14. The van der Waals surface area contributed by atoms with Crippen molar-refractivity contribution in [2.45, 2.75) is 31.1 Å². The number of alkyl halides is 3. The maximum atomic E-state index is 14.0. The number of benzene rings is 2. The number of methoxy groups -OCH3 is 1. The summed E-state index contributed by atoms with van der Waals surface area (Å²) in [6.45, 7) is 1.09. The molecule has 3 aliphatic heterocycles. The molecule has 0 spiro atoms. The molecule has 6 rings (SSSR count). The number of carbonyl (C=O) groups is 1. The third-order valence-electron chi connectivity index (χ3n) is 7.43. The zero-order valence-electron chi connectivity index (χ0n) is 21.2. The van der Waals surface area contributed by atoms with Crippen LogP contribution in [0.5, 0.6) is 5.88 Å². The Morgan fingerprint density at radius 1 is 1.20 bits per heavy atom. The Bertz CT molecular complexity index is 1660. The molecule has 3 aromatic rings. The number of piperazine rings is 1.